The molecule has 0 saturated carbocycles. The standard InChI is InChI=1S/C20H25NO2/c1-4-23-19-12-10-18(11-13-19)16(3)21-20(22)14-9-17-7-5-15(2)6-8-17/h5-8,10-13,16H,4,9,14H2,1-3H3,(H,21,22)/t16-/m0/s1. The summed E-state index contributed by atoms with van der Waals surface area (Å²) in [5.41, 5.74) is 3.51. The van der Waals surface area contributed by atoms with Crippen LogP contribution in [0.15, 0.2) is 48.5 Å². The second kappa shape index (κ2) is 8.37. The van der Waals surface area contributed by atoms with Crippen LogP contribution in [0.4, 0.5) is 0 Å². The van der Waals surface area contributed by atoms with Crippen LogP contribution < -0.4 is 10.1 Å². The third kappa shape index (κ3) is 5.44. The smallest absolute Gasteiger partial charge is 0.220 e. The van der Waals surface area contributed by atoms with Crippen LogP contribution in [-0.4, -0.2) is 12.5 Å². The summed E-state index contributed by atoms with van der Waals surface area (Å²) in [5.74, 6) is 0.932. The lowest BCUT2D eigenvalue weighted by Crippen LogP contribution is -2.26. The normalized spacial score (nSPS) is 11.8. The van der Waals surface area contributed by atoms with Crippen LogP contribution in [0.2, 0.25) is 0 Å². The molecule has 2 rings (SSSR count). The van der Waals surface area contributed by atoms with Gasteiger partial charge in [-0.15, -0.1) is 0 Å². The van der Waals surface area contributed by atoms with Gasteiger partial charge in [-0.1, -0.05) is 42.0 Å². The van der Waals surface area contributed by atoms with Crippen molar-refractivity contribution in [3.8, 4) is 5.75 Å². The summed E-state index contributed by atoms with van der Waals surface area (Å²) in [7, 11) is 0. The number of hydrogen-bond acceptors (Lipinski definition) is 2. The van der Waals surface area contributed by atoms with Crippen molar-refractivity contribution in [2.24, 2.45) is 0 Å². The van der Waals surface area contributed by atoms with Gasteiger partial charge in [0.25, 0.3) is 0 Å². The molecule has 3 heteroatoms. The summed E-state index contributed by atoms with van der Waals surface area (Å²) in [5, 5.41) is 3.05. The summed E-state index contributed by atoms with van der Waals surface area (Å²) in [4.78, 5) is 12.1. The van der Waals surface area contributed by atoms with Gasteiger partial charge in [0.15, 0.2) is 0 Å². The minimum Gasteiger partial charge on any atom is -0.494 e. The minimum atomic E-state index is -0.00352. The molecule has 2 aromatic carbocycles. The zero-order valence-electron chi connectivity index (χ0n) is 14.1. The van der Waals surface area contributed by atoms with Crippen LogP contribution in [0, 0.1) is 6.92 Å². The number of benzene rings is 2. The number of aryl methyl sites for hydroxylation is 2. The van der Waals surface area contributed by atoms with Crippen LogP contribution in [0.25, 0.3) is 0 Å². The molecule has 0 aliphatic carbocycles. The molecule has 0 unspecified atom stereocenters. The maximum absolute atomic E-state index is 12.1. The highest BCUT2D eigenvalue weighted by molar-refractivity contribution is 5.76. The fourth-order valence-electron chi connectivity index (χ4n) is 2.43. The molecule has 2 aromatic rings. The molecule has 0 radical (unpaired) electrons. The van der Waals surface area contributed by atoms with Crippen LogP contribution >= 0.6 is 0 Å². The van der Waals surface area contributed by atoms with Crippen molar-refractivity contribution < 1.29 is 9.53 Å². The van der Waals surface area contributed by atoms with Crippen molar-refractivity contribution in [3.05, 3.63) is 65.2 Å². The lowest BCUT2D eigenvalue weighted by molar-refractivity contribution is -0.121. The second-order valence-corrected chi connectivity index (χ2v) is 5.78. The average Bonchev–Trinajstić information content (AvgIpc) is 2.55. The molecule has 1 atom stereocenters. The van der Waals surface area contributed by atoms with Crippen LogP contribution in [0.1, 0.15) is 43.0 Å². The predicted octanol–water partition coefficient (Wildman–Crippen LogP) is 4.20. The molecule has 0 bridgehead atoms. The Morgan fingerprint density at radius 3 is 2.35 bits per heavy atom. The summed E-state index contributed by atoms with van der Waals surface area (Å²) >= 11 is 0. The van der Waals surface area contributed by atoms with Gasteiger partial charge in [0.1, 0.15) is 5.75 Å². The molecule has 1 amide bonds. The first-order valence-electron chi connectivity index (χ1n) is 8.16. The van der Waals surface area contributed by atoms with E-state index in [1.54, 1.807) is 0 Å². The molecule has 0 saturated heterocycles. The molecule has 0 fully saturated rings. The molecule has 1 N–H and O–H groups in total. The van der Waals surface area contributed by atoms with Crippen molar-refractivity contribution in [3.63, 3.8) is 0 Å². The largest absolute Gasteiger partial charge is 0.494 e. The Morgan fingerprint density at radius 2 is 1.74 bits per heavy atom. The Morgan fingerprint density at radius 1 is 1.09 bits per heavy atom. The molecule has 0 aromatic heterocycles. The number of rotatable bonds is 7. The van der Waals surface area contributed by atoms with E-state index in [1.165, 1.54) is 11.1 Å². The Hall–Kier alpha value is -2.29. The highest BCUT2D eigenvalue weighted by Crippen LogP contribution is 2.18. The van der Waals surface area contributed by atoms with Gasteiger partial charge in [-0.2, -0.15) is 0 Å². The van der Waals surface area contributed by atoms with Gasteiger partial charge >= 0.3 is 0 Å². The fraction of sp³-hybridized carbons (Fsp3) is 0.350. The molecule has 122 valence electrons. The van der Waals surface area contributed by atoms with Gasteiger partial charge in [-0.05, 0) is 50.5 Å². The third-order valence-corrected chi connectivity index (χ3v) is 3.83. The fourth-order valence-corrected chi connectivity index (χ4v) is 2.43. The van der Waals surface area contributed by atoms with Crippen LogP contribution in [0.3, 0.4) is 0 Å². The molecular formula is C20H25NO2. The Bertz CT molecular complexity index is 617. The molecule has 3 nitrogen and oxygen atoms in total. The zero-order chi connectivity index (χ0) is 16.7. The number of amides is 1. The van der Waals surface area contributed by atoms with Crippen LogP contribution in [0.5, 0.6) is 5.75 Å². The summed E-state index contributed by atoms with van der Waals surface area (Å²) in [6.07, 6.45) is 1.27. The molecular weight excluding hydrogens is 286 g/mol. The van der Waals surface area contributed by atoms with E-state index < -0.39 is 0 Å². The van der Waals surface area contributed by atoms with Gasteiger partial charge in [0.05, 0.1) is 12.6 Å². The van der Waals surface area contributed by atoms with E-state index in [1.807, 2.05) is 38.1 Å². The highest BCUT2D eigenvalue weighted by Gasteiger charge is 2.09. The van der Waals surface area contributed by atoms with Crippen molar-refractivity contribution in [2.75, 3.05) is 6.61 Å². The molecule has 0 aliphatic heterocycles. The molecule has 23 heavy (non-hydrogen) atoms. The SMILES string of the molecule is CCOc1ccc([C@H](C)NC(=O)CCc2ccc(C)cc2)cc1. The number of hydrogen-bond donors (Lipinski definition) is 1. The number of nitrogens with one attached hydrogen (secondary N) is 1. The maximum Gasteiger partial charge on any atom is 0.220 e. The monoisotopic (exact) mass is 311 g/mol. The topological polar surface area (TPSA) is 38.3 Å². The minimum absolute atomic E-state index is 0.00352. The molecule has 0 heterocycles. The van der Waals surface area contributed by atoms with Crippen molar-refractivity contribution >= 4 is 5.91 Å². The first kappa shape index (κ1) is 17.1. The Balaban J connectivity index is 1.82. The Kier molecular flexibility index (Phi) is 6.21. The van der Waals surface area contributed by atoms with E-state index in [-0.39, 0.29) is 11.9 Å². The number of carbonyl (C=O) groups is 1. The van der Waals surface area contributed by atoms with Gasteiger partial charge in [0.2, 0.25) is 5.91 Å². The van der Waals surface area contributed by atoms with E-state index in [0.717, 1.165) is 17.7 Å². The zero-order valence-corrected chi connectivity index (χ0v) is 14.1. The van der Waals surface area contributed by atoms with Gasteiger partial charge in [0, 0.05) is 6.42 Å². The van der Waals surface area contributed by atoms with E-state index in [9.17, 15) is 4.79 Å². The first-order chi connectivity index (χ1) is 11.1. The molecule has 0 spiro atoms. The van der Waals surface area contributed by atoms with E-state index in [0.29, 0.717) is 13.0 Å². The average molecular weight is 311 g/mol. The van der Waals surface area contributed by atoms with E-state index >= 15 is 0 Å². The summed E-state index contributed by atoms with van der Waals surface area (Å²) in [6.45, 7) is 6.68. The van der Waals surface area contributed by atoms with Crippen molar-refractivity contribution in [1.29, 1.82) is 0 Å². The quantitative estimate of drug-likeness (QED) is 0.832. The highest BCUT2D eigenvalue weighted by atomic mass is 16.5. The summed E-state index contributed by atoms with van der Waals surface area (Å²) in [6, 6.07) is 16.2. The lowest BCUT2D eigenvalue weighted by Gasteiger charge is -2.15. The van der Waals surface area contributed by atoms with Gasteiger partial charge in [-0.25, -0.2) is 0 Å². The second-order valence-electron chi connectivity index (χ2n) is 5.78. The van der Waals surface area contributed by atoms with Crippen molar-refractivity contribution in [2.45, 2.75) is 39.7 Å². The Labute approximate surface area is 138 Å². The maximum atomic E-state index is 12.1. The van der Waals surface area contributed by atoms with Crippen LogP contribution in [-0.2, 0) is 11.2 Å². The number of ether oxygens (including phenoxy) is 1. The molecule has 0 aliphatic rings. The predicted molar refractivity (Wildman–Crippen MR) is 93.7 cm³/mol. The number of carbonyl (C=O) groups excluding carboxylic acids is 1. The van der Waals surface area contributed by atoms with Gasteiger partial charge < -0.3 is 10.1 Å². The van der Waals surface area contributed by atoms with E-state index in [2.05, 4.69) is 36.5 Å². The summed E-state index contributed by atoms with van der Waals surface area (Å²) < 4.78 is 5.43. The third-order valence-electron chi connectivity index (χ3n) is 3.83. The van der Waals surface area contributed by atoms with E-state index in [4.69, 9.17) is 4.74 Å². The van der Waals surface area contributed by atoms with Crippen molar-refractivity contribution in [1.82, 2.24) is 5.32 Å². The lowest BCUT2D eigenvalue weighted by atomic mass is 10.1. The van der Waals surface area contributed by atoms with Gasteiger partial charge in [-0.3, -0.25) is 4.79 Å². The first-order valence-corrected chi connectivity index (χ1v) is 8.16.